The molecular weight excluding hydrogens is 308 g/mol. The highest BCUT2D eigenvalue weighted by molar-refractivity contribution is 9.10. The molecular formula is C12H8BrF2NS. The van der Waals surface area contributed by atoms with Crippen LogP contribution in [0.5, 0.6) is 0 Å². The van der Waals surface area contributed by atoms with Gasteiger partial charge in [0.2, 0.25) is 0 Å². The van der Waals surface area contributed by atoms with Gasteiger partial charge in [0.05, 0.1) is 4.90 Å². The summed E-state index contributed by atoms with van der Waals surface area (Å²) in [5.41, 5.74) is 0.999. The lowest BCUT2D eigenvalue weighted by molar-refractivity contribution is 0.577. The van der Waals surface area contributed by atoms with Gasteiger partial charge in [-0.15, -0.1) is 0 Å². The van der Waals surface area contributed by atoms with Crippen molar-refractivity contribution in [2.45, 2.75) is 16.8 Å². The molecule has 0 amide bonds. The summed E-state index contributed by atoms with van der Waals surface area (Å²) in [5.74, 6) is -0.901. The van der Waals surface area contributed by atoms with Crippen LogP contribution in [0.2, 0.25) is 0 Å². The van der Waals surface area contributed by atoms with Crippen molar-refractivity contribution in [2.24, 2.45) is 0 Å². The van der Waals surface area contributed by atoms with Crippen molar-refractivity contribution < 1.29 is 8.78 Å². The summed E-state index contributed by atoms with van der Waals surface area (Å²) in [7, 11) is 0. The molecule has 0 saturated heterocycles. The molecule has 5 heteroatoms. The van der Waals surface area contributed by atoms with Gasteiger partial charge in [-0.05, 0) is 52.7 Å². The van der Waals surface area contributed by atoms with Crippen LogP contribution in [0.4, 0.5) is 8.78 Å². The van der Waals surface area contributed by atoms with Gasteiger partial charge in [0.25, 0.3) is 0 Å². The average Bonchev–Trinajstić information content (AvgIpc) is 2.29. The van der Waals surface area contributed by atoms with E-state index in [4.69, 9.17) is 0 Å². The first-order chi connectivity index (χ1) is 8.06. The molecule has 0 N–H and O–H groups in total. The van der Waals surface area contributed by atoms with E-state index in [0.29, 0.717) is 5.03 Å². The standard InChI is InChI=1S/C12H8BrF2NS/c1-7-4-12(16-6-9(7)13)17-11-5-8(14)2-3-10(11)15/h2-6H,1H3. The first kappa shape index (κ1) is 12.5. The summed E-state index contributed by atoms with van der Waals surface area (Å²) < 4.78 is 27.3. The monoisotopic (exact) mass is 315 g/mol. The summed E-state index contributed by atoms with van der Waals surface area (Å²) in [4.78, 5) is 4.37. The number of halogens is 3. The Morgan fingerprint density at radius 3 is 2.71 bits per heavy atom. The highest BCUT2D eigenvalue weighted by Crippen LogP contribution is 2.30. The molecule has 0 spiro atoms. The van der Waals surface area contributed by atoms with Gasteiger partial charge >= 0.3 is 0 Å². The van der Waals surface area contributed by atoms with Crippen molar-refractivity contribution >= 4 is 27.7 Å². The quantitative estimate of drug-likeness (QED) is 0.804. The highest BCUT2D eigenvalue weighted by atomic mass is 79.9. The molecule has 0 aliphatic carbocycles. The largest absolute Gasteiger partial charge is 0.248 e. The van der Waals surface area contributed by atoms with Crippen molar-refractivity contribution in [1.82, 2.24) is 4.98 Å². The molecule has 0 aliphatic heterocycles. The number of hydrogen-bond acceptors (Lipinski definition) is 2. The number of benzene rings is 1. The molecule has 0 atom stereocenters. The minimum Gasteiger partial charge on any atom is -0.248 e. The molecule has 0 saturated carbocycles. The minimum atomic E-state index is -0.456. The van der Waals surface area contributed by atoms with E-state index in [0.717, 1.165) is 33.9 Å². The van der Waals surface area contributed by atoms with Gasteiger partial charge in [0, 0.05) is 10.7 Å². The predicted molar refractivity (Wildman–Crippen MR) is 67.2 cm³/mol. The Morgan fingerprint density at radius 2 is 2.00 bits per heavy atom. The van der Waals surface area contributed by atoms with E-state index < -0.39 is 11.6 Å². The van der Waals surface area contributed by atoms with Crippen LogP contribution in [0.15, 0.2) is 44.9 Å². The zero-order chi connectivity index (χ0) is 12.4. The normalized spacial score (nSPS) is 10.6. The van der Waals surface area contributed by atoms with E-state index in [-0.39, 0.29) is 4.90 Å². The topological polar surface area (TPSA) is 12.9 Å². The van der Waals surface area contributed by atoms with Gasteiger partial charge in [-0.1, -0.05) is 11.8 Å². The summed E-state index contributed by atoms with van der Waals surface area (Å²) in [6.45, 7) is 1.91. The number of pyridine rings is 1. The number of aromatic nitrogens is 1. The molecule has 0 bridgehead atoms. The van der Waals surface area contributed by atoms with Gasteiger partial charge in [0.1, 0.15) is 16.7 Å². The summed E-state index contributed by atoms with van der Waals surface area (Å²) in [5, 5.41) is 0.634. The van der Waals surface area contributed by atoms with Crippen LogP contribution in [0.25, 0.3) is 0 Å². The number of aryl methyl sites for hydroxylation is 1. The summed E-state index contributed by atoms with van der Waals surface area (Å²) in [6.07, 6.45) is 1.65. The SMILES string of the molecule is Cc1cc(Sc2cc(F)ccc2F)ncc1Br. The van der Waals surface area contributed by atoms with Gasteiger partial charge in [0.15, 0.2) is 0 Å². The van der Waals surface area contributed by atoms with Gasteiger partial charge in [-0.2, -0.15) is 0 Å². The molecule has 1 aromatic carbocycles. The van der Waals surface area contributed by atoms with E-state index in [2.05, 4.69) is 20.9 Å². The minimum absolute atomic E-state index is 0.235. The van der Waals surface area contributed by atoms with Crippen LogP contribution in [0, 0.1) is 18.6 Å². The van der Waals surface area contributed by atoms with Crippen molar-refractivity contribution in [3.05, 3.63) is 52.1 Å². The maximum Gasteiger partial charge on any atom is 0.137 e. The van der Waals surface area contributed by atoms with Crippen molar-refractivity contribution in [3.8, 4) is 0 Å². The molecule has 1 nitrogen and oxygen atoms in total. The lowest BCUT2D eigenvalue weighted by Gasteiger charge is -2.04. The van der Waals surface area contributed by atoms with Crippen LogP contribution < -0.4 is 0 Å². The molecule has 1 heterocycles. The third kappa shape index (κ3) is 3.04. The van der Waals surface area contributed by atoms with E-state index in [1.807, 2.05) is 13.0 Å². The van der Waals surface area contributed by atoms with Gasteiger partial charge < -0.3 is 0 Å². The fourth-order valence-electron chi connectivity index (χ4n) is 1.24. The second kappa shape index (κ2) is 5.14. The van der Waals surface area contributed by atoms with Crippen LogP contribution in [-0.2, 0) is 0 Å². The fourth-order valence-corrected chi connectivity index (χ4v) is 2.36. The van der Waals surface area contributed by atoms with Crippen LogP contribution in [0.1, 0.15) is 5.56 Å². The van der Waals surface area contributed by atoms with Gasteiger partial charge in [-0.3, -0.25) is 0 Å². The van der Waals surface area contributed by atoms with E-state index in [1.165, 1.54) is 6.07 Å². The number of hydrogen-bond donors (Lipinski definition) is 0. The zero-order valence-electron chi connectivity index (χ0n) is 8.88. The molecule has 0 radical (unpaired) electrons. The van der Waals surface area contributed by atoms with Crippen LogP contribution in [0.3, 0.4) is 0 Å². The molecule has 0 aliphatic rings. The van der Waals surface area contributed by atoms with Crippen LogP contribution in [-0.4, -0.2) is 4.98 Å². The second-order valence-electron chi connectivity index (χ2n) is 3.45. The van der Waals surface area contributed by atoms with Gasteiger partial charge in [-0.25, -0.2) is 13.8 Å². The maximum absolute atomic E-state index is 13.4. The lowest BCUT2D eigenvalue weighted by atomic mass is 10.3. The Hall–Kier alpha value is -0.940. The third-order valence-corrected chi connectivity index (χ3v) is 3.92. The molecule has 88 valence electrons. The summed E-state index contributed by atoms with van der Waals surface area (Å²) in [6, 6.07) is 5.20. The molecule has 0 unspecified atom stereocenters. The maximum atomic E-state index is 13.4. The molecule has 2 rings (SSSR count). The highest BCUT2D eigenvalue weighted by Gasteiger charge is 2.07. The van der Waals surface area contributed by atoms with Crippen molar-refractivity contribution in [3.63, 3.8) is 0 Å². The Bertz CT molecular complexity index is 560. The van der Waals surface area contributed by atoms with Crippen molar-refractivity contribution in [2.75, 3.05) is 0 Å². The summed E-state index contributed by atoms with van der Waals surface area (Å²) >= 11 is 4.44. The first-order valence-electron chi connectivity index (χ1n) is 4.81. The number of nitrogens with zero attached hydrogens (tertiary/aromatic N) is 1. The molecule has 0 fully saturated rings. The lowest BCUT2D eigenvalue weighted by Crippen LogP contribution is -1.87. The third-order valence-electron chi connectivity index (χ3n) is 2.13. The molecule has 17 heavy (non-hydrogen) atoms. The first-order valence-corrected chi connectivity index (χ1v) is 6.42. The Morgan fingerprint density at radius 1 is 1.24 bits per heavy atom. The fraction of sp³-hybridized carbons (Fsp3) is 0.0833. The smallest absolute Gasteiger partial charge is 0.137 e. The van der Waals surface area contributed by atoms with E-state index in [1.54, 1.807) is 6.20 Å². The Kier molecular flexibility index (Phi) is 3.79. The molecule has 2 aromatic rings. The molecule has 1 aromatic heterocycles. The van der Waals surface area contributed by atoms with E-state index >= 15 is 0 Å². The van der Waals surface area contributed by atoms with Crippen molar-refractivity contribution in [1.29, 1.82) is 0 Å². The Labute approximate surface area is 110 Å². The predicted octanol–water partition coefficient (Wildman–Crippen LogP) is 4.58. The number of rotatable bonds is 2. The average molecular weight is 316 g/mol. The zero-order valence-corrected chi connectivity index (χ0v) is 11.3. The van der Waals surface area contributed by atoms with Crippen LogP contribution >= 0.6 is 27.7 Å². The van der Waals surface area contributed by atoms with E-state index in [9.17, 15) is 8.78 Å². The second-order valence-corrected chi connectivity index (χ2v) is 5.37. The Balaban J connectivity index is 2.31.